The number of carbonyl (C=O) groups excluding carboxylic acids is 5. The van der Waals surface area contributed by atoms with Crippen LogP contribution in [0.25, 0.3) is 10.9 Å². The van der Waals surface area contributed by atoms with Gasteiger partial charge in [0, 0.05) is 134 Å². The first-order valence-corrected chi connectivity index (χ1v) is 32.4. The number of H-pyrrole nitrogens is 1. The number of aromatic nitrogens is 4. The number of benzene rings is 2. The van der Waals surface area contributed by atoms with E-state index in [0.29, 0.717) is 86.9 Å². The molecule has 2 aromatic heterocycles. The summed E-state index contributed by atoms with van der Waals surface area (Å²) in [7, 11) is -4.40. The molecule has 2 atom stereocenters. The van der Waals surface area contributed by atoms with Crippen molar-refractivity contribution in [3.8, 4) is 5.75 Å². The molecule has 0 unspecified atom stereocenters. The van der Waals surface area contributed by atoms with Crippen LogP contribution in [0.4, 0.5) is 10.7 Å². The van der Waals surface area contributed by atoms with Gasteiger partial charge in [-0.3, -0.25) is 57.7 Å². The van der Waals surface area contributed by atoms with Gasteiger partial charge in [0.15, 0.2) is 5.95 Å². The lowest BCUT2D eigenvalue weighted by atomic mass is 10.1. The Labute approximate surface area is 543 Å². The third-order valence-electron chi connectivity index (χ3n) is 14.6. The van der Waals surface area contributed by atoms with Gasteiger partial charge < -0.3 is 81.6 Å². The number of nitrogens with two attached hydrogens (primary N) is 1. The number of amides is 6. The highest BCUT2D eigenvalue weighted by molar-refractivity contribution is 7.89. The predicted molar refractivity (Wildman–Crippen MR) is 338 cm³/mol. The van der Waals surface area contributed by atoms with E-state index >= 15 is 0 Å². The first kappa shape index (κ1) is 76.1. The summed E-state index contributed by atoms with van der Waals surface area (Å²) < 4.78 is 53.8. The molecule has 2 aromatic carbocycles. The summed E-state index contributed by atoms with van der Waals surface area (Å²) in [6.07, 6.45) is 5.70. The number of imidazole rings is 1. The van der Waals surface area contributed by atoms with E-state index in [9.17, 15) is 72.0 Å². The van der Waals surface area contributed by atoms with Gasteiger partial charge in [-0.15, -0.1) is 0 Å². The average molecular weight is 1340 g/mol. The molecule has 13 N–H and O–H groups in total. The van der Waals surface area contributed by atoms with Crippen molar-refractivity contribution in [2.75, 3.05) is 150 Å². The van der Waals surface area contributed by atoms with E-state index in [1.807, 2.05) is 4.68 Å². The summed E-state index contributed by atoms with van der Waals surface area (Å²) in [5.74, 6) is -5.33. The number of ether oxygens (including phenoxy) is 4. The van der Waals surface area contributed by atoms with Gasteiger partial charge in [0.2, 0.25) is 33.7 Å². The molecule has 0 bridgehead atoms. The van der Waals surface area contributed by atoms with Crippen molar-refractivity contribution in [1.29, 1.82) is 0 Å². The monoisotopic (exact) mass is 1340 g/mol. The number of fused-ring (bicyclic) bond motifs is 1. The standard InChI is InChI=1S/C59H89N15O19S/c1-41-33-45(34-42(2)54(41)94(88,89)69-47(57(84)85)37-66-55(82)43-8-10-48-44(35-43)36-67-74(48)17-4-12-63-58-64-15-16-65-58)93-28-3-7-50(76)61-13-5-26-90-29-31-92-32-30-91-27-6-14-62-56(83)46(9-11-49(60)75)68-51(77)38-70-18-19-71(39-52(78)79)20-21-72(40-53(80)81)23-25-73(24-22-70)59(86)87/h8,10,15-16,33-36,46-47,69H,3-7,9,11-14,17-32,37-40H2,1-2H3,(H2,60,75)(H,61,76)(H,62,83)(H,66,82)(H,68,77)(H,78,79)(H,80,81)(H,84,85)(H,86,87)(H2,63,64,65)/t46-,47+/m1/s1. The maximum Gasteiger partial charge on any atom is 0.407 e. The number of hydrogen-bond acceptors (Lipinski definition) is 21. The largest absolute Gasteiger partial charge is 0.494 e. The number of carboxylic acid groups (broad SMARTS) is 4. The molecule has 0 aliphatic carbocycles. The van der Waals surface area contributed by atoms with Crippen LogP contribution in [-0.4, -0.2) is 278 Å². The van der Waals surface area contributed by atoms with E-state index in [4.69, 9.17) is 24.7 Å². The summed E-state index contributed by atoms with van der Waals surface area (Å²) in [5.41, 5.74) is 6.97. The normalized spacial score (nSPS) is 14.4. The lowest BCUT2D eigenvalue weighted by Gasteiger charge is -2.32. The van der Waals surface area contributed by atoms with E-state index in [2.05, 4.69) is 46.4 Å². The average Bonchev–Trinajstić information content (AvgIpc) is 0.948. The molecule has 1 fully saturated rings. The summed E-state index contributed by atoms with van der Waals surface area (Å²) in [5, 5.41) is 57.6. The minimum atomic E-state index is -4.40. The fourth-order valence-electron chi connectivity index (χ4n) is 9.89. The van der Waals surface area contributed by atoms with Crippen molar-refractivity contribution in [2.24, 2.45) is 5.73 Å². The van der Waals surface area contributed by atoms with E-state index in [1.165, 1.54) is 17.0 Å². The smallest absolute Gasteiger partial charge is 0.407 e. The van der Waals surface area contributed by atoms with Crippen molar-refractivity contribution < 1.29 is 90.9 Å². The molecule has 5 rings (SSSR count). The van der Waals surface area contributed by atoms with Gasteiger partial charge in [0.05, 0.1) is 69.3 Å². The molecular weight excluding hydrogens is 1250 g/mol. The summed E-state index contributed by atoms with van der Waals surface area (Å²) >= 11 is 0. The molecule has 0 saturated carbocycles. The van der Waals surface area contributed by atoms with Gasteiger partial charge in [-0.25, -0.2) is 18.2 Å². The number of aryl methyl sites for hydroxylation is 3. The highest BCUT2D eigenvalue weighted by Gasteiger charge is 2.30. The molecule has 94 heavy (non-hydrogen) atoms. The molecule has 1 aliphatic heterocycles. The van der Waals surface area contributed by atoms with Crippen molar-refractivity contribution in [1.82, 2.24) is 65.3 Å². The zero-order chi connectivity index (χ0) is 68.4. The van der Waals surface area contributed by atoms with Crippen LogP contribution < -0.4 is 41.8 Å². The van der Waals surface area contributed by atoms with Crippen LogP contribution in [0.3, 0.4) is 0 Å². The zero-order valence-electron chi connectivity index (χ0n) is 53.0. The van der Waals surface area contributed by atoms with Crippen molar-refractivity contribution in [3.63, 3.8) is 0 Å². The number of primary amides is 1. The van der Waals surface area contributed by atoms with E-state index in [-0.39, 0.29) is 141 Å². The number of aliphatic carboxylic acids is 3. The Morgan fingerprint density at radius 3 is 1.84 bits per heavy atom. The van der Waals surface area contributed by atoms with Crippen LogP contribution in [0.5, 0.6) is 5.75 Å². The number of carboxylic acids is 3. The van der Waals surface area contributed by atoms with E-state index in [0.717, 1.165) is 16.8 Å². The number of aromatic amines is 1. The number of sulfonamides is 1. The zero-order valence-corrected chi connectivity index (χ0v) is 53.8. The molecule has 0 spiro atoms. The third kappa shape index (κ3) is 28.3. The maximum absolute atomic E-state index is 13.6. The van der Waals surface area contributed by atoms with E-state index in [1.54, 1.807) is 60.4 Å². The molecule has 1 saturated heterocycles. The predicted octanol–water partition coefficient (Wildman–Crippen LogP) is -0.920. The van der Waals surface area contributed by atoms with Crippen molar-refractivity contribution in [2.45, 2.75) is 82.3 Å². The SMILES string of the molecule is Cc1cc(OCCCC(=O)NCCCOCCOCCOCCCNC(=O)[C@@H](CCC(N)=O)NC(=O)CN2CCN(CC(=O)O)CCN(CC(=O)O)CCN(C(=O)O)CC2)cc(C)c1S(=O)(=O)N[C@@H](CNC(=O)c1ccc2c(cnn2CCCNc2ncc[nH]2)c1)C(=O)O. The summed E-state index contributed by atoms with van der Waals surface area (Å²) in [6.45, 7) is 5.98. The number of carbonyl (C=O) groups is 9. The van der Waals surface area contributed by atoms with Gasteiger partial charge >= 0.3 is 24.0 Å². The Hall–Kier alpha value is -8.58. The molecule has 520 valence electrons. The molecular formula is C59H89N15O19S. The van der Waals surface area contributed by atoms with Crippen LogP contribution in [0.15, 0.2) is 53.8 Å². The quantitative estimate of drug-likeness (QED) is 0.0239. The van der Waals surface area contributed by atoms with Gasteiger partial charge in [-0.2, -0.15) is 9.82 Å². The molecule has 34 nitrogen and oxygen atoms in total. The van der Waals surface area contributed by atoms with Crippen molar-refractivity contribution >= 4 is 80.4 Å². The topological polar surface area (TPSA) is 463 Å². The second kappa shape index (κ2) is 40.5. The maximum atomic E-state index is 13.6. The summed E-state index contributed by atoms with van der Waals surface area (Å²) in [4.78, 5) is 124. The van der Waals surface area contributed by atoms with Gasteiger partial charge in [-0.05, 0) is 87.4 Å². The fourth-order valence-corrected chi connectivity index (χ4v) is 11.5. The number of anilines is 1. The third-order valence-corrected chi connectivity index (χ3v) is 16.4. The van der Waals surface area contributed by atoms with Crippen LogP contribution in [0, 0.1) is 13.8 Å². The van der Waals surface area contributed by atoms with E-state index < -0.39 is 76.3 Å². The number of nitrogens with one attached hydrogen (secondary N) is 7. The molecule has 3 heterocycles. The first-order valence-electron chi connectivity index (χ1n) is 30.9. The Bertz CT molecular complexity index is 3200. The first-order chi connectivity index (χ1) is 45.0. The van der Waals surface area contributed by atoms with Crippen LogP contribution in [0.1, 0.15) is 66.4 Å². The number of nitrogens with zero attached hydrogens (tertiary/aromatic N) is 7. The lowest BCUT2D eigenvalue weighted by molar-refractivity contribution is -0.140. The second-order valence-corrected chi connectivity index (χ2v) is 23.8. The highest BCUT2D eigenvalue weighted by Crippen LogP contribution is 2.26. The molecule has 4 aromatic rings. The summed E-state index contributed by atoms with van der Waals surface area (Å²) in [6, 6.07) is 5.13. The number of hydrogen-bond donors (Lipinski definition) is 12. The highest BCUT2D eigenvalue weighted by atomic mass is 32.2. The number of rotatable bonds is 42. The molecule has 6 amide bonds. The minimum Gasteiger partial charge on any atom is -0.494 e. The Morgan fingerprint density at radius 2 is 1.27 bits per heavy atom. The second-order valence-electron chi connectivity index (χ2n) is 22.1. The van der Waals surface area contributed by atoms with Crippen LogP contribution in [0.2, 0.25) is 0 Å². The van der Waals surface area contributed by atoms with Crippen molar-refractivity contribution in [3.05, 3.63) is 65.6 Å². The van der Waals surface area contributed by atoms with Gasteiger partial charge in [0.1, 0.15) is 17.8 Å². The minimum absolute atomic E-state index is 0.0325. The fraction of sp³-hybridized carbons (Fsp3) is 0.576. The Morgan fingerprint density at radius 1 is 0.670 bits per heavy atom. The van der Waals surface area contributed by atoms with Crippen LogP contribution >= 0.6 is 0 Å². The molecule has 1 aliphatic rings. The van der Waals surface area contributed by atoms with Gasteiger partial charge in [0.25, 0.3) is 5.91 Å². The molecule has 0 radical (unpaired) electrons. The van der Waals surface area contributed by atoms with Crippen LogP contribution in [-0.2, 0) is 64.3 Å². The Balaban J connectivity index is 0.894. The molecule has 35 heteroatoms. The Kier molecular flexibility index (Phi) is 32.8. The lowest BCUT2D eigenvalue weighted by Crippen LogP contribution is -2.52. The van der Waals surface area contributed by atoms with Gasteiger partial charge in [-0.1, -0.05) is 0 Å².